The monoisotopic (exact) mass is 662 g/mol. The summed E-state index contributed by atoms with van der Waals surface area (Å²) in [7, 11) is -3.00. The van der Waals surface area contributed by atoms with Crippen LogP contribution in [0.4, 0.5) is 10.5 Å². The number of carbonyl (C=O) groups excluding carboxylic acids is 2. The van der Waals surface area contributed by atoms with Crippen molar-refractivity contribution in [2.24, 2.45) is 5.92 Å². The van der Waals surface area contributed by atoms with Gasteiger partial charge in [-0.1, -0.05) is 53.7 Å². The number of benzene rings is 2. The Morgan fingerprint density at radius 3 is 2.61 bits per heavy atom. The molecule has 3 fully saturated rings. The lowest BCUT2D eigenvalue weighted by Gasteiger charge is -2.31. The highest BCUT2D eigenvalue weighted by Crippen LogP contribution is 2.33. The number of rotatable bonds is 15. The number of ether oxygens (including phenoxy) is 3. The third-order valence-corrected chi connectivity index (χ3v) is 9.90. The van der Waals surface area contributed by atoms with E-state index < -0.39 is 53.1 Å². The van der Waals surface area contributed by atoms with E-state index in [0.29, 0.717) is 31.6 Å². The molecule has 0 bridgehead atoms. The summed E-state index contributed by atoms with van der Waals surface area (Å²) >= 11 is 0. The molecule has 252 valence electrons. The van der Waals surface area contributed by atoms with Gasteiger partial charge in [0.05, 0.1) is 62.5 Å². The minimum Gasteiger partial charge on any atom is -0.443 e. The van der Waals surface area contributed by atoms with Crippen molar-refractivity contribution in [3.05, 3.63) is 60.2 Å². The summed E-state index contributed by atoms with van der Waals surface area (Å²) in [4.78, 5) is 35.5. The molecule has 2 aromatic carbocycles. The van der Waals surface area contributed by atoms with Crippen molar-refractivity contribution in [1.82, 2.24) is 15.3 Å². The molecule has 2 heterocycles. The van der Waals surface area contributed by atoms with Crippen LogP contribution in [-0.2, 0) is 45.1 Å². The van der Waals surface area contributed by atoms with Crippen molar-refractivity contribution in [2.75, 3.05) is 38.7 Å². The van der Waals surface area contributed by atoms with Crippen LogP contribution in [0.5, 0.6) is 0 Å². The third-order valence-electron chi connectivity index (χ3n) is 8.28. The number of hydroxylamine groups is 2. The summed E-state index contributed by atoms with van der Waals surface area (Å²) in [5.41, 5.74) is 3.39. The quantitative estimate of drug-likeness (QED) is 0.206. The number of aliphatic hydroxyl groups excluding tert-OH is 1. The second-order valence-corrected chi connectivity index (χ2v) is 13.4. The van der Waals surface area contributed by atoms with Gasteiger partial charge in [0.1, 0.15) is 6.10 Å². The number of nitrogens with zero attached hydrogens (tertiary/aromatic N) is 1. The lowest BCUT2D eigenvalue weighted by Crippen LogP contribution is -2.51. The fourth-order valence-electron chi connectivity index (χ4n) is 5.88. The maximum atomic E-state index is 14.0. The minimum atomic E-state index is -4.31. The maximum Gasteiger partial charge on any atom is 0.407 e. The van der Waals surface area contributed by atoms with Crippen LogP contribution in [0.1, 0.15) is 37.7 Å². The fraction of sp³-hybridized carbons (Fsp3) is 0.548. The van der Waals surface area contributed by atoms with Crippen LogP contribution in [0.25, 0.3) is 0 Å². The molecule has 15 heteroatoms. The standard InChI is InChI=1S/C31H42N4O10S/c1-41-34-29(37)18-32-22-10-7-13-24(17-22)46(39,40)35(45-23-11-5-6-12-23)19-27(36)26(16-21-8-3-2-4-9-21)33-31(38)44-28-20-43-30-25(28)14-15-42-30/h2-4,7-10,13,17,23,25-28,30,32,36H,5-6,11-12,14-16,18-20H2,1H3,(H,33,38)(H,34,37)/t25-,26-,27+,28-,30+/m0/s1. The van der Waals surface area contributed by atoms with Crippen LogP contribution in [0.3, 0.4) is 0 Å². The fourth-order valence-corrected chi connectivity index (χ4v) is 7.22. The van der Waals surface area contributed by atoms with Gasteiger partial charge in [0.25, 0.3) is 15.9 Å². The number of hydrogen-bond acceptors (Lipinski definition) is 11. The topological polar surface area (TPSA) is 174 Å². The lowest BCUT2D eigenvalue weighted by atomic mass is 10.0. The Morgan fingerprint density at radius 2 is 1.85 bits per heavy atom. The molecule has 3 aliphatic rings. The van der Waals surface area contributed by atoms with Gasteiger partial charge in [-0.3, -0.25) is 14.5 Å². The van der Waals surface area contributed by atoms with E-state index in [1.54, 1.807) is 6.07 Å². The van der Waals surface area contributed by atoms with Crippen molar-refractivity contribution in [2.45, 2.75) is 74.1 Å². The van der Waals surface area contributed by atoms with E-state index in [9.17, 15) is 23.1 Å². The van der Waals surface area contributed by atoms with Gasteiger partial charge in [-0.05, 0) is 49.4 Å². The van der Waals surface area contributed by atoms with Gasteiger partial charge in [0, 0.05) is 5.69 Å². The highest BCUT2D eigenvalue weighted by molar-refractivity contribution is 7.89. The second kappa shape index (κ2) is 16.0. The summed E-state index contributed by atoms with van der Waals surface area (Å²) in [6.07, 6.45) is 0.672. The van der Waals surface area contributed by atoms with Gasteiger partial charge >= 0.3 is 6.09 Å². The highest BCUT2D eigenvalue weighted by atomic mass is 32.2. The molecule has 2 amide bonds. The van der Waals surface area contributed by atoms with E-state index in [0.717, 1.165) is 22.9 Å². The highest BCUT2D eigenvalue weighted by Gasteiger charge is 2.44. The van der Waals surface area contributed by atoms with E-state index in [1.807, 2.05) is 30.3 Å². The van der Waals surface area contributed by atoms with E-state index in [1.165, 1.54) is 25.3 Å². The molecule has 14 nitrogen and oxygen atoms in total. The van der Waals surface area contributed by atoms with E-state index >= 15 is 0 Å². The zero-order chi connectivity index (χ0) is 32.5. The third kappa shape index (κ3) is 8.94. The second-order valence-electron chi connectivity index (χ2n) is 11.6. The predicted molar refractivity (Wildman–Crippen MR) is 164 cm³/mol. The Kier molecular flexibility index (Phi) is 11.8. The molecule has 2 aromatic rings. The number of carbonyl (C=O) groups is 2. The van der Waals surface area contributed by atoms with E-state index in [2.05, 4.69) is 21.0 Å². The smallest absolute Gasteiger partial charge is 0.407 e. The molecule has 2 aliphatic heterocycles. The molecule has 0 spiro atoms. The maximum absolute atomic E-state index is 14.0. The van der Waals surface area contributed by atoms with Gasteiger partial charge < -0.3 is 30.0 Å². The van der Waals surface area contributed by atoms with Crippen LogP contribution in [0.15, 0.2) is 59.5 Å². The average molecular weight is 663 g/mol. The number of amides is 2. The zero-order valence-corrected chi connectivity index (χ0v) is 26.5. The Morgan fingerprint density at radius 1 is 1.07 bits per heavy atom. The van der Waals surface area contributed by atoms with Crippen molar-refractivity contribution >= 4 is 27.7 Å². The Labute approximate surface area is 268 Å². The molecule has 5 atom stereocenters. The molecule has 4 N–H and O–H groups in total. The average Bonchev–Trinajstić information content (AvgIpc) is 3.81. The normalized spacial score (nSPS) is 22.7. The van der Waals surface area contributed by atoms with Crippen LogP contribution in [-0.4, -0.2) is 94.1 Å². The number of fused-ring (bicyclic) bond motifs is 1. The summed E-state index contributed by atoms with van der Waals surface area (Å²) in [6.45, 7) is 0.124. The first-order chi connectivity index (χ1) is 22.2. The molecular weight excluding hydrogens is 620 g/mol. The number of aliphatic hydroxyl groups is 1. The van der Waals surface area contributed by atoms with Crippen LogP contribution >= 0.6 is 0 Å². The largest absolute Gasteiger partial charge is 0.443 e. The molecule has 46 heavy (non-hydrogen) atoms. The number of alkyl carbamates (subject to hydrolysis) is 1. The molecule has 0 unspecified atom stereocenters. The first-order valence-corrected chi connectivity index (χ1v) is 16.9. The molecule has 1 saturated carbocycles. The molecule has 0 radical (unpaired) electrons. The van der Waals surface area contributed by atoms with Crippen LogP contribution < -0.4 is 16.1 Å². The summed E-state index contributed by atoms with van der Waals surface area (Å²) in [6, 6.07) is 14.3. The van der Waals surface area contributed by atoms with Crippen molar-refractivity contribution < 1.29 is 47.0 Å². The van der Waals surface area contributed by atoms with Gasteiger partial charge in [-0.2, -0.15) is 0 Å². The van der Waals surface area contributed by atoms with E-state index in [4.69, 9.17) is 19.0 Å². The minimum absolute atomic E-state index is 0.0664. The number of nitrogens with one attached hydrogen (secondary N) is 3. The number of anilines is 1. The summed E-state index contributed by atoms with van der Waals surface area (Å²) in [5.74, 6) is -0.513. The lowest BCUT2D eigenvalue weighted by molar-refractivity contribution is -0.145. The SMILES string of the molecule is CONC(=O)CNc1cccc(S(=O)(=O)N(C[C@@H](O)[C@H](Cc2ccccc2)NC(=O)O[C@H]2CO[C@H]3OCC[C@H]32)OC2CCCC2)c1. The van der Waals surface area contributed by atoms with Crippen LogP contribution in [0.2, 0.25) is 0 Å². The molecule has 0 aromatic heterocycles. The first kappa shape index (κ1) is 34.0. The van der Waals surface area contributed by atoms with Gasteiger partial charge in [-0.25, -0.2) is 18.7 Å². The van der Waals surface area contributed by atoms with Gasteiger partial charge in [-0.15, -0.1) is 0 Å². The molecule has 1 aliphatic carbocycles. The van der Waals surface area contributed by atoms with Gasteiger partial charge in [0.15, 0.2) is 6.29 Å². The Bertz CT molecular complexity index is 1410. The summed E-state index contributed by atoms with van der Waals surface area (Å²) < 4.78 is 45.6. The van der Waals surface area contributed by atoms with Crippen molar-refractivity contribution in [3.8, 4) is 0 Å². The van der Waals surface area contributed by atoms with Gasteiger partial charge in [0.2, 0.25) is 0 Å². The molecule has 2 saturated heterocycles. The Hall–Kier alpha value is -3.31. The van der Waals surface area contributed by atoms with Crippen molar-refractivity contribution in [3.63, 3.8) is 0 Å². The number of sulfonamides is 1. The predicted octanol–water partition coefficient (Wildman–Crippen LogP) is 2.10. The zero-order valence-electron chi connectivity index (χ0n) is 25.7. The molecule has 5 rings (SSSR count). The molecular formula is C31H42N4O10S. The van der Waals surface area contributed by atoms with E-state index in [-0.39, 0.29) is 36.5 Å². The Balaban J connectivity index is 1.33. The summed E-state index contributed by atoms with van der Waals surface area (Å²) in [5, 5.41) is 17.2. The number of hydrogen-bond donors (Lipinski definition) is 4. The van der Waals surface area contributed by atoms with Crippen LogP contribution in [0, 0.1) is 5.92 Å². The van der Waals surface area contributed by atoms with Crippen molar-refractivity contribution in [1.29, 1.82) is 0 Å². The first-order valence-electron chi connectivity index (χ1n) is 15.5.